The molecule has 0 aliphatic carbocycles. The summed E-state index contributed by atoms with van der Waals surface area (Å²) >= 11 is 1.69. The van der Waals surface area contributed by atoms with Gasteiger partial charge in [-0.25, -0.2) is 8.78 Å². The molecule has 5 heteroatoms. The lowest BCUT2D eigenvalue weighted by atomic mass is 10.1. The highest BCUT2D eigenvalue weighted by atomic mass is 32.2. The van der Waals surface area contributed by atoms with Gasteiger partial charge in [0, 0.05) is 30.0 Å². The molecule has 0 aromatic heterocycles. The van der Waals surface area contributed by atoms with Gasteiger partial charge in [-0.1, -0.05) is 17.8 Å². The molecule has 0 saturated carbocycles. The van der Waals surface area contributed by atoms with Crippen molar-refractivity contribution in [2.24, 2.45) is 0 Å². The van der Waals surface area contributed by atoms with Crippen molar-refractivity contribution in [1.82, 2.24) is 4.90 Å². The molecule has 3 rings (SSSR count). The maximum Gasteiger partial charge on any atom is 0.162 e. The highest BCUT2D eigenvalue weighted by Crippen LogP contribution is 2.30. The Labute approximate surface area is 156 Å². The Morgan fingerprint density at radius 3 is 2.27 bits per heavy atom. The van der Waals surface area contributed by atoms with Gasteiger partial charge >= 0.3 is 0 Å². The number of carbonyl (C=O) groups excluding carboxylic acids is 1. The molecule has 1 heterocycles. The molecule has 136 valence electrons. The van der Waals surface area contributed by atoms with E-state index < -0.39 is 0 Å². The second kappa shape index (κ2) is 9.10. The van der Waals surface area contributed by atoms with Crippen LogP contribution >= 0.6 is 11.8 Å². The molecule has 2 aromatic rings. The van der Waals surface area contributed by atoms with Gasteiger partial charge in [0.1, 0.15) is 11.6 Å². The molecule has 0 saturated heterocycles. The van der Waals surface area contributed by atoms with E-state index in [2.05, 4.69) is 11.0 Å². The third kappa shape index (κ3) is 5.51. The topological polar surface area (TPSA) is 20.3 Å². The molecule has 1 aliphatic heterocycles. The number of thioether (sulfide) groups is 1. The van der Waals surface area contributed by atoms with E-state index in [1.807, 2.05) is 0 Å². The number of carbonyl (C=O) groups is 1. The summed E-state index contributed by atoms with van der Waals surface area (Å²) in [6.45, 7) is 2.71. The summed E-state index contributed by atoms with van der Waals surface area (Å²) in [5.74, 6) is -0.477. The summed E-state index contributed by atoms with van der Waals surface area (Å²) in [7, 11) is 0. The van der Waals surface area contributed by atoms with Crippen LogP contribution in [0.15, 0.2) is 64.4 Å². The van der Waals surface area contributed by atoms with Crippen molar-refractivity contribution in [3.8, 4) is 0 Å². The Hall–Kier alpha value is -1.98. The zero-order chi connectivity index (χ0) is 18.4. The fourth-order valence-electron chi connectivity index (χ4n) is 2.89. The molecule has 0 N–H and O–H groups in total. The maximum atomic E-state index is 12.9. The third-order valence-corrected chi connectivity index (χ3v) is 5.50. The molecule has 0 amide bonds. The first-order valence-corrected chi connectivity index (χ1v) is 9.55. The van der Waals surface area contributed by atoms with Crippen LogP contribution in [0.2, 0.25) is 0 Å². The first kappa shape index (κ1) is 18.8. The molecule has 2 aromatic carbocycles. The van der Waals surface area contributed by atoms with E-state index in [1.165, 1.54) is 29.2 Å². The van der Waals surface area contributed by atoms with Crippen molar-refractivity contribution in [2.75, 3.05) is 19.6 Å². The second-order valence-electron chi connectivity index (χ2n) is 6.31. The number of ketones is 1. The van der Waals surface area contributed by atoms with Crippen molar-refractivity contribution >= 4 is 17.5 Å². The molecule has 0 atom stereocenters. The zero-order valence-corrected chi connectivity index (χ0v) is 15.3. The van der Waals surface area contributed by atoms with Crippen LogP contribution in [0, 0.1) is 11.6 Å². The first-order chi connectivity index (χ1) is 12.6. The van der Waals surface area contributed by atoms with Crippen molar-refractivity contribution in [3.05, 3.63) is 76.7 Å². The summed E-state index contributed by atoms with van der Waals surface area (Å²) in [6.07, 6.45) is 4.45. The Morgan fingerprint density at radius 2 is 1.65 bits per heavy atom. The lowest BCUT2D eigenvalue weighted by Crippen LogP contribution is -2.29. The van der Waals surface area contributed by atoms with Crippen LogP contribution in [0.1, 0.15) is 29.6 Å². The second-order valence-corrected chi connectivity index (χ2v) is 7.51. The minimum atomic E-state index is -0.323. The van der Waals surface area contributed by atoms with Gasteiger partial charge < -0.3 is 0 Å². The van der Waals surface area contributed by atoms with Crippen molar-refractivity contribution < 1.29 is 13.6 Å². The SMILES string of the molecule is O=C(CCCN1CC=C(Sc2ccc(F)cc2)CC1)c1ccc(F)cc1. The van der Waals surface area contributed by atoms with Crippen molar-refractivity contribution in [1.29, 1.82) is 0 Å². The molecule has 0 fully saturated rings. The third-order valence-electron chi connectivity index (χ3n) is 4.36. The number of hydrogen-bond donors (Lipinski definition) is 0. The van der Waals surface area contributed by atoms with Crippen LogP contribution in [-0.2, 0) is 0 Å². The summed E-state index contributed by atoms with van der Waals surface area (Å²) in [6, 6.07) is 12.3. The van der Waals surface area contributed by atoms with E-state index in [0.29, 0.717) is 12.0 Å². The van der Waals surface area contributed by atoms with E-state index in [4.69, 9.17) is 0 Å². The maximum absolute atomic E-state index is 12.9. The average molecular weight is 373 g/mol. The van der Waals surface area contributed by atoms with E-state index >= 15 is 0 Å². The fourth-order valence-corrected chi connectivity index (χ4v) is 3.81. The summed E-state index contributed by atoms with van der Waals surface area (Å²) in [5, 5.41) is 0. The molecule has 0 unspecified atom stereocenters. The van der Waals surface area contributed by atoms with E-state index in [9.17, 15) is 13.6 Å². The minimum Gasteiger partial charge on any atom is -0.299 e. The van der Waals surface area contributed by atoms with Crippen LogP contribution in [0.4, 0.5) is 8.78 Å². The monoisotopic (exact) mass is 373 g/mol. The number of hydrogen-bond acceptors (Lipinski definition) is 3. The number of rotatable bonds is 7. The molecule has 0 bridgehead atoms. The normalized spacial score (nSPS) is 14.9. The molecule has 26 heavy (non-hydrogen) atoms. The highest BCUT2D eigenvalue weighted by Gasteiger charge is 2.13. The number of benzene rings is 2. The van der Waals surface area contributed by atoms with E-state index in [-0.39, 0.29) is 17.4 Å². The summed E-state index contributed by atoms with van der Waals surface area (Å²) < 4.78 is 25.8. The zero-order valence-electron chi connectivity index (χ0n) is 14.5. The van der Waals surface area contributed by atoms with Crippen LogP contribution in [0.3, 0.4) is 0 Å². The summed E-state index contributed by atoms with van der Waals surface area (Å²) in [4.78, 5) is 16.8. The van der Waals surface area contributed by atoms with Gasteiger partial charge in [0.2, 0.25) is 0 Å². The fraction of sp³-hybridized carbons (Fsp3) is 0.286. The lowest BCUT2D eigenvalue weighted by Gasteiger charge is -2.25. The van der Waals surface area contributed by atoms with Crippen molar-refractivity contribution in [2.45, 2.75) is 24.2 Å². The van der Waals surface area contributed by atoms with Gasteiger partial charge in [-0.05, 0) is 72.8 Å². The van der Waals surface area contributed by atoms with Gasteiger partial charge in [-0.3, -0.25) is 9.69 Å². The lowest BCUT2D eigenvalue weighted by molar-refractivity contribution is 0.0975. The molecular weight excluding hydrogens is 352 g/mol. The first-order valence-electron chi connectivity index (χ1n) is 8.74. The molecule has 0 radical (unpaired) electrons. The molecule has 1 aliphatic rings. The van der Waals surface area contributed by atoms with E-state index in [1.54, 1.807) is 36.0 Å². The van der Waals surface area contributed by atoms with E-state index in [0.717, 1.165) is 37.4 Å². The highest BCUT2D eigenvalue weighted by molar-refractivity contribution is 8.03. The standard InChI is InChI=1S/C21H21F2NOS/c22-17-5-3-16(4-6-17)21(25)2-1-13-24-14-11-20(12-15-24)26-19-9-7-18(23)8-10-19/h3-11H,1-2,12-15H2. The van der Waals surface area contributed by atoms with Crippen LogP contribution in [-0.4, -0.2) is 30.3 Å². The molecule has 0 spiro atoms. The quantitative estimate of drug-likeness (QED) is 0.614. The number of nitrogens with zero attached hydrogens (tertiary/aromatic N) is 1. The largest absolute Gasteiger partial charge is 0.299 e. The molecular formula is C21H21F2NOS. The Bertz CT molecular complexity index is 772. The van der Waals surface area contributed by atoms with Gasteiger partial charge in [0.05, 0.1) is 0 Å². The number of halogens is 2. The van der Waals surface area contributed by atoms with Crippen LogP contribution < -0.4 is 0 Å². The van der Waals surface area contributed by atoms with Crippen LogP contribution in [0.5, 0.6) is 0 Å². The average Bonchev–Trinajstić information content (AvgIpc) is 2.65. The van der Waals surface area contributed by atoms with Crippen LogP contribution in [0.25, 0.3) is 0 Å². The Kier molecular flexibility index (Phi) is 6.58. The number of Topliss-reactive ketones (excluding diaryl/α,β-unsaturated/α-hetero) is 1. The predicted octanol–water partition coefficient (Wildman–Crippen LogP) is 5.31. The van der Waals surface area contributed by atoms with Gasteiger partial charge in [-0.15, -0.1) is 0 Å². The predicted molar refractivity (Wildman–Crippen MR) is 101 cm³/mol. The minimum absolute atomic E-state index is 0.0603. The smallest absolute Gasteiger partial charge is 0.162 e. The van der Waals surface area contributed by atoms with Gasteiger partial charge in [0.15, 0.2) is 5.78 Å². The summed E-state index contributed by atoms with van der Waals surface area (Å²) in [5.41, 5.74) is 0.572. The van der Waals surface area contributed by atoms with Gasteiger partial charge in [0.25, 0.3) is 0 Å². The van der Waals surface area contributed by atoms with Gasteiger partial charge in [-0.2, -0.15) is 0 Å². The molecule has 2 nitrogen and oxygen atoms in total. The Balaban J connectivity index is 1.40. The van der Waals surface area contributed by atoms with Crippen molar-refractivity contribution in [3.63, 3.8) is 0 Å². The Morgan fingerprint density at radius 1 is 1.00 bits per heavy atom.